The molecule has 7 heteroatoms. The Morgan fingerprint density at radius 2 is 1.71 bits per heavy atom. The van der Waals surface area contributed by atoms with Crippen LogP contribution in [0.4, 0.5) is 4.39 Å². The summed E-state index contributed by atoms with van der Waals surface area (Å²) in [6.07, 6.45) is 0.988. The molecule has 0 bridgehead atoms. The zero-order chi connectivity index (χ0) is 20.4. The summed E-state index contributed by atoms with van der Waals surface area (Å²) in [7, 11) is 0. The molecule has 0 unspecified atom stereocenters. The third-order valence-corrected chi connectivity index (χ3v) is 5.18. The van der Waals surface area contributed by atoms with Crippen LogP contribution < -0.4 is 0 Å². The van der Waals surface area contributed by atoms with Crippen LogP contribution in [0.2, 0.25) is 5.02 Å². The second-order valence-corrected chi connectivity index (χ2v) is 7.11. The van der Waals surface area contributed by atoms with E-state index in [1.807, 2.05) is 0 Å². The maximum atomic E-state index is 15.1. The third-order valence-electron chi connectivity index (χ3n) is 4.93. The zero-order valence-corrected chi connectivity index (χ0v) is 15.9. The highest BCUT2D eigenvalue weighted by atomic mass is 35.5. The lowest BCUT2D eigenvalue weighted by atomic mass is 9.85. The van der Waals surface area contributed by atoms with E-state index < -0.39 is 28.7 Å². The normalized spacial score (nSPS) is 14.7. The molecular formula is C21H18ClFO5. The average molecular weight is 405 g/mol. The summed E-state index contributed by atoms with van der Waals surface area (Å²) in [5.41, 5.74) is -1.02. The molecule has 0 spiro atoms. The summed E-state index contributed by atoms with van der Waals surface area (Å²) < 4.78 is 20.4. The number of carboxylic acids is 1. The minimum absolute atomic E-state index is 0.00513. The number of hydrogen-bond donors (Lipinski definition) is 1. The lowest BCUT2D eigenvalue weighted by molar-refractivity contribution is 0.0544. The quantitative estimate of drug-likeness (QED) is 0.750. The Bertz CT molecular complexity index is 946. The van der Waals surface area contributed by atoms with E-state index in [-0.39, 0.29) is 28.4 Å². The number of ketones is 2. The molecular weight excluding hydrogens is 387 g/mol. The van der Waals surface area contributed by atoms with Crippen molar-refractivity contribution in [2.24, 2.45) is 5.92 Å². The van der Waals surface area contributed by atoms with Gasteiger partial charge in [-0.2, -0.15) is 0 Å². The number of carbonyl (C=O) groups is 3. The predicted molar refractivity (Wildman–Crippen MR) is 101 cm³/mol. The fraction of sp³-hybridized carbons (Fsp3) is 0.286. The molecule has 0 saturated carbocycles. The van der Waals surface area contributed by atoms with Crippen LogP contribution in [-0.4, -0.2) is 35.9 Å². The summed E-state index contributed by atoms with van der Waals surface area (Å²) in [4.78, 5) is 37.4. The minimum Gasteiger partial charge on any atom is -0.478 e. The molecule has 0 atom stereocenters. The standard InChI is InChI=1S/C21H18ClFO5/c1-11-15(19(24)13-6-8-28-9-7-13)10-16(21(26)27)17(18(11)23)20(25)12-2-4-14(22)5-3-12/h2-5,10,13H,6-9H2,1H3,(H,26,27). The van der Waals surface area contributed by atoms with E-state index in [9.17, 15) is 19.5 Å². The molecule has 1 N–H and O–H groups in total. The largest absolute Gasteiger partial charge is 0.478 e. The summed E-state index contributed by atoms with van der Waals surface area (Å²) in [6.45, 7) is 2.24. The van der Waals surface area contributed by atoms with Gasteiger partial charge < -0.3 is 9.84 Å². The molecule has 146 valence electrons. The topological polar surface area (TPSA) is 80.7 Å². The van der Waals surface area contributed by atoms with Crippen LogP contribution in [0.25, 0.3) is 0 Å². The van der Waals surface area contributed by atoms with Crippen molar-refractivity contribution in [2.45, 2.75) is 19.8 Å². The molecule has 1 fully saturated rings. The zero-order valence-electron chi connectivity index (χ0n) is 15.1. The van der Waals surface area contributed by atoms with Gasteiger partial charge in [0.2, 0.25) is 0 Å². The molecule has 1 aliphatic rings. The summed E-state index contributed by atoms with van der Waals surface area (Å²) in [6, 6.07) is 6.83. The molecule has 0 radical (unpaired) electrons. The van der Waals surface area contributed by atoms with Gasteiger partial charge in [-0.3, -0.25) is 9.59 Å². The first kappa shape index (κ1) is 20.2. The van der Waals surface area contributed by atoms with Crippen LogP contribution in [-0.2, 0) is 4.74 Å². The van der Waals surface area contributed by atoms with Gasteiger partial charge in [-0.15, -0.1) is 0 Å². The minimum atomic E-state index is -1.47. The Morgan fingerprint density at radius 1 is 1.11 bits per heavy atom. The van der Waals surface area contributed by atoms with Gasteiger partial charge in [0.05, 0.1) is 11.1 Å². The highest BCUT2D eigenvalue weighted by Gasteiger charge is 2.30. The number of hydrogen-bond acceptors (Lipinski definition) is 4. The molecule has 2 aromatic rings. The predicted octanol–water partition coefficient (Wildman–Crippen LogP) is 4.33. The van der Waals surface area contributed by atoms with Gasteiger partial charge >= 0.3 is 5.97 Å². The van der Waals surface area contributed by atoms with Gasteiger partial charge in [0, 0.05) is 35.3 Å². The fourth-order valence-corrected chi connectivity index (χ4v) is 3.45. The van der Waals surface area contributed by atoms with Gasteiger partial charge in [0.25, 0.3) is 0 Å². The van der Waals surface area contributed by atoms with Crippen molar-refractivity contribution in [2.75, 3.05) is 13.2 Å². The lowest BCUT2D eigenvalue weighted by Gasteiger charge is -2.22. The monoisotopic (exact) mass is 404 g/mol. The molecule has 0 aliphatic carbocycles. The number of aromatic carboxylic acids is 1. The first-order valence-corrected chi connectivity index (χ1v) is 9.17. The Balaban J connectivity index is 2.10. The number of Topliss-reactive ketones (excluding diaryl/α,β-unsaturated/α-hetero) is 1. The van der Waals surface area contributed by atoms with E-state index in [4.69, 9.17) is 16.3 Å². The third kappa shape index (κ3) is 3.84. The van der Waals surface area contributed by atoms with Gasteiger partial charge in [0.15, 0.2) is 11.6 Å². The second-order valence-electron chi connectivity index (χ2n) is 6.68. The van der Waals surface area contributed by atoms with E-state index in [0.717, 1.165) is 6.07 Å². The van der Waals surface area contributed by atoms with E-state index in [1.165, 1.54) is 31.2 Å². The molecule has 1 heterocycles. The van der Waals surface area contributed by atoms with Crippen molar-refractivity contribution in [1.29, 1.82) is 0 Å². The Kier molecular flexibility index (Phi) is 5.91. The van der Waals surface area contributed by atoms with E-state index in [2.05, 4.69) is 0 Å². The Hall–Kier alpha value is -2.57. The van der Waals surface area contributed by atoms with Gasteiger partial charge in [0.1, 0.15) is 5.82 Å². The Morgan fingerprint density at radius 3 is 2.29 bits per heavy atom. The first-order valence-electron chi connectivity index (χ1n) is 8.80. The molecule has 28 heavy (non-hydrogen) atoms. The van der Waals surface area contributed by atoms with Crippen LogP contribution in [0.15, 0.2) is 30.3 Å². The average Bonchev–Trinajstić information content (AvgIpc) is 2.70. The summed E-state index contributed by atoms with van der Waals surface area (Å²) in [5, 5.41) is 9.96. The number of carboxylic acid groups (broad SMARTS) is 1. The SMILES string of the molecule is Cc1c(C(=O)C2CCOCC2)cc(C(=O)O)c(C(=O)c2ccc(Cl)cc2)c1F. The van der Waals surface area contributed by atoms with Gasteiger partial charge in [-0.25, -0.2) is 9.18 Å². The van der Waals surface area contributed by atoms with Crippen LogP contribution in [0.1, 0.15) is 55.0 Å². The van der Waals surface area contributed by atoms with E-state index >= 15 is 4.39 Å². The maximum absolute atomic E-state index is 15.1. The molecule has 1 saturated heterocycles. The van der Waals surface area contributed by atoms with Crippen LogP contribution in [0.3, 0.4) is 0 Å². The van der Waals surface area contributed by atoms with Crippen molar-refractivity contribution < 1.29 is 28.6 Å². The van der Waals surface area contributed by atoms with Crippen molar-refractivity contribution in [3.8, 4) is 0 Å². The molecule has 0 aromatic heterocycles. The molecule has 5 nitrogen and oxygen atoms in total. The van der Waals surface area contributed by atoms with Crippen molar-refractivity contribution in [3.63, 3.8) is 0 Å². The number of halogens is 2. The smallest absolute Gasteiger partial charge is 0.336 e. The van der Waals surface area contributed by atoms with E-state index in [0.29, 0.717) is 31.1 Å². The van der Waals surface area contributed by atoms with Crippen LogP contribution in [0.5, 0.6) is 0 Å². The number of carbonyl (C=O) groups excluding carboxylic acids is 2. The summed E-state index contributed by atoms with van der Waals surface area (Å²) in [5.74, 6) is -3.92. The highest BCUT2D eigenvalue weighted by molar-refractivity contribution is 6.30. The van der Waals surface area contributed by atoms with Crippen molar-refractivity contribution >= 4 is 29.1 Å². The van der Waals surface area contributed by atoms with Gasteiger partial charge in [-0.05, 0) is 55.7 Å². The first-order chi connectivity index (χ1) is 13.3. The van der Waals surface area contributed by atoms with Crippen molar-refractivity contribution in [1.82, 2.24) is 0 Å². The fourth-order valence-electron chi connectivity index (χ4n) is 3.32. The molecule has 0 amide bonds. The van der Waals surface area contributed by atoms with E-state index in [1.54, 1.807) is 0 Å². The molecule has 1 aliphatic heterocycles. The highest BCUT2D eigenvalue weighted by Crippen LogP contribution is 2.29. The van der Waals surface area contributed by atoms with Crippen molar-refractivity contribution in [3.05, 3.63) is 69.0 Å². The Labute approximate surface area is 166 Å². The molecule has 2 aromatic carbocycles. The van der Waals surface area contributed by atoms with Crippen LogP contribution in [0, 0.1) is 18.7 Å². The van der Waals surface area contributed by atoms with Crippen LogP contribution >= 0.6 is 11.6 Å². The lowest BCUT2D eigenvalue weighted by Crippen LogP contribution is -2.25. The molecule has 3 rings (SSSR count). The number of benzene rings is 2. The van der Waals surface area contributed by atoms with Gasteiger partial charge in [-0.1, -0.05) is 11.6 Å². The maximum Gasteiger partial charge on any atom is 0.336 e. The second kappa shape index (κ2) is 8.20. The number of ether oxygens (including phenoxy) is 1. The summed E-state index contributed by atoms with van der Waals surface area (Å²) >= 11 is 5.80. The number of rotatable bonds is 5.